The van der Waals surface area contributed by atoms with Crippen molar-refractivity contribution in [3.05, 3.63) is 16.6 Å². The molecule has 16 heavy (non-hydrogen) atoms. The largest absolute Gasteiger partial charge is 0.480 e. The molecule has 84 valence electrons. The maximum atomic E-state index is 10.7. The molecule has 2 heterocycles. The molecule has 0 fully saturated rings. The van der Waals surface area contributed by atoms with E-state index < -0.39 is 11.2 Å². The Morgan fingerprint density at radius 1 is 1.62 bits per heavy atom. The van der Waals surface area contributed by atoms with Crippen LogP contribution in [0.25, 0.3) is 10.2 Å². The summed E-state index contributed by atoms with van der Waals surface area (Å²) in [6, 6.07) is 1.84. The van der Waals surface area contributed by atoms with Crippen molar-refractivity contribution in [3.8, 4) is 0 Å². The SMILES string of the molecule is CC(Sc1nc(Cl)c2ccsc2n1)C(=O)O. The van der Waals surface area contributed by atoms with E-state index in [1.807, 2.05) is 11.4 Å². The van der Waals surface area contributed by atoms with E-state index in [-0.39, 0.29) is 0 Å². The van der Waals surface area contributed by atoms with Crippen LogP contribution in [0.15, 0.2) is 16.6 Å². The summed E-state index contributed by atoms with van der Waals surface area (Å²) in [6.45, 7) is 1.59. The molecule has 1 unspecified atom stereocenters. The molecule has 2 aromatic heterocycles. The Kier molecular flexibility index (Phi) is 3.32. The van der Waals surface area contributed by atoms with E-state index >= 15 is 0 Å². The number of thiophene rings is 1. The molecule has 0 aliphatic carbocycles. The molecule has 1 N–H and O–H groups in total. The van der Waals surface area contributed by atoms with Crippen molar-refractivity contribution in [2.45, 2.75) is 17.3 Å². The van der Waals surface area contributed by atoms with Gasteiger partial charge in [0.15, 0.2) is 5.16 Å². The van der Waals surface area contributed by atoms with Crippen molar-refractivity contribution in [2.24, 2.45) is 0 Å². The number of aliphatic carboxylic acids is 1. The standard InChI is InChI=1S/C9H7ClN2O2S2/c1-4(8(13)14)16-9-11-6(10)5-2-3-15-7(5)12-9/h2-4H,1H3,(H,13,14). The third-order valence-electron chi connectivity index (χ3n) is 1.89. The van der Waals surface area contributed by atoms with Crippen LogP contribution in [-0.2, 0) is 4.79 Å². The van der Waals surface area contributed by atoms with Crippen molar-refractivity contribution in [1.29, 1.82) is 0 Å². The molecule has 0 saturated heterocycles. The Morgan fingerprint density at radius 2 is 2.38 bits per heavy atom. The Morgan fingerprint density at radius 3 is 3.06 bits per heavy atom. The zero-order valence-electron chi connectivity index (χ0n) is 8.18. The van der Waals surface area contributed by atoms with Gasteiger partial charge in [-0.05, 0) is 18.4 Å². The first-order valence-electron chi connectivity index (χ1n) is 4.38. The third-order valence-corrected chi connectivity index (χ3v) is 3.93. The molecule has 2 rings (SSSR count). The first kappa shape index (κ1) is 11.6. The van der Waals surface area contributed by atoms with Gasteiger partial charge in [-0.3, -0.25) is 4.79 Å². The summed E-state index contributed by atoms with van der Waals surface area (Å²) < 4.78 is 0. The highest BCUT2D eigenvalue weighted by molar-refractivity contribution is 8.00. The van der Waals surface area contributed by atoms with Gasteiger partial charge in [-0.15, -0.1) is 11.3 Å². The summed E-state index contributed by atoms with van der Waals surface area (Å²) in [5, 5.41) is 11.6. The van der Waals surface area contributed by atoms with Gasteiger partial charge in [0.1, 0.15) is 15.2 Å². The first-order chi connectivity index (χ1) is 7.58. The average molecular weight is 275 g/mol. The van der Waals surface area contributed by atoms with Gasteiger partial charge >= 0.3 is 5.97 Å². The molecule has 0 bridgehead atoms. The van der Waals surface area contributed by atoms with Gasteiger partial charge in [0.05, 0.1) is 0 Å². The normalized spacial score (nSPS) is 12.9. The maximum Gasteiger partial charge on any atom is 0.316 e. The zero-order chi connectivity index (χ0) is 11.7. The molecule has 0 saturated carbocycles. The topological polar surface area (TPSA) is 63.1 Å². The predicted octanol–water partition coefficient (Wildman–Crippen LogP) is 2.91. The summed E-state index contributed by atoms with van der Waals surface area (Å²) in [5.74, 6) is -0.893. The Balaban J connectivity index is 2.35. The van der Waals surface area contributed by atoms with Crippen molar-refractivity contribution in [3.63, 3.8) is 0 Å². The lowest BCUT2D eigenvalue weighted by atomic mass is 10.4. The van der Waals surface area contributed by atoms with Crippen LogP contribution in [0.1, 0.15) is 6.92 Å². The van der Waals surface area contributed by atoms with E-state index in [0.29, 0.717) is 10.3 Å². The Bertz CT molecular complexity index is 543. The summed E-state index contributed by atoms with van der Waals surface area (Å²) >= 11 is 8.50. The first-order valence-corrected chi connectivity index (χ1v) is 6.52. The molecule has 0 aliphatic heterocycles. The minimum atomic E-state index is -0.893. The molecule has 1 atom stereocenters. The molecule has 7 heteroatoms. The smallest absolute Gasteiger partial charge is 0.316 e. The van der Waals surface area contributed by atoms with Crippen LogP contribution < -0.4 is 0 Å². The predicted molar refractivity (Wildman–Crippen MR) is 65.4 cm³/mol. The highest BCUT2D eigenvalue weighted by Gasteiger charge is 2.16. The molecule has 4 nitrogen and oxygen atoms in total. The van der Waals surface area contributed by atoms with E-state index in [4.69, 9.17) is 16.7 Å². The molecule has 0 spiro atoms. The van der Waals surface area contributed by atoms with Crippen LogP contribution in [0.5, 0.6) is 0 Å². The molecule has 0 radical (unpaired) electrons. The summed E-state index contributed by atoms with van der Waals surface area (Å²) in [6.07, 6.45) is 0. The van der Waals surface area contributed by atoms with Gasteiger partial charge in [0.2, 0.25) is 0 Å². The Labute approximate surface area is 105 Å². The number of rotatable bonds is 3. The minimum absolute atomic E-state index is 0.367. The number of aromatic nitrogens is 2. The fourth-order valence-corrected chi connectivity index (χ4v) is 2.93. The quantitative estimate of drug-likeness (QED) is 0.530. The number of hydrogen-bond acceptors (Lipinski definition) is 5. The lowest BCUT2D eigenvalue weighted by Crippen LogP contribution is -2.11. The summed E-state index contributed by atoms with van der Waals surface area (Å²) in [4.78, 5) is 19.8. The molecule has 0 aromatic carbocycles. The number of carboxylic acids is 1. The van der Waals surface area contributed by atoms with E-state index in [9.17, 15) is 4.79 Å². The highest BCUT2D eigenvalue weighted by atomic mass is 35.5. The monoisotopic (exact) mass is 274 g/mol. The van der Waals surface area contributed by atoms with Crippen LogP contribution in [0.4, 0.5) is 0 Å². The zero-order valence-corrected chi connectivity index (χ0v) is 10.6. The van der Waals surface area contributed by atoms with E-state index in [0.717, 1.165) is 22.0 Å². The van der Waals surface area contributed by atoms with Gasteiger partial charge in [0.25, 0.3) is 0 Å². The number of fused-ring (bicyclic) bond motifs is 1. The van der Waals surface area contributed by atoms with Gasteiger partial charge in [-0.25, -0.2) is 9.97 Å². The number of hydrogen-bond donors (Lipinski definition) is 1. The van der Waals surface area contributed by atoms with Crippen LogP contribution in [-0.4, -0.2) is 26.3 Å². The second-order valence-electron chi connectivity index (χ2n) is 3.03. The van der Waals surface area contributed by atoms with Crippen LogP contribution in [0, 0.1) is 0 Å². The number of nitrogens with zero attached hydrogens (tertiary/aromatic N) is 2. The second kappa shape index (κ2) is 4.57. The highest BCUT2D eigenvalue weighted by Crippen LogP contribution is 2.29. The maximum absolute atomic E-state index is 10.7. The second-order valence-corrected chi connectivity index (χ2v) is 5.60. The van der Waals surface area contributed by atoms with E-state index in [2.05, 4.69) is 9.97 Å². The van der Waals surface area contributed by atoms with Gasteiger partial charge in [-0.1, -0.05) is 23.4 Å². The molecular formula is C9H7ClN2O2S2. The lowest BCUT2D eigenvalue weighted by Gasteiger charge is -2.04. The number of thioether (sulfide) groups is 1. The number of halogens is 1. The number of carboxylic acid groups (broad SMARTS) is 1. The third kappa shape index (κ3) is 2.28. The lowest BCUT2D eigenvalue weighted by molar-refractivity contribution is -0.136. The van der Waals surface area contributed by atoms with E-state index in [1.165, 1.54) is 11.3 Å². The van der Waals surface area contributed by atoms with Gasteiger partial charge in [-0.2, -0.15) is 0 Å². The van der Waals surface area contributed by atoms with Crippen molar-refractivity contribution in [1.82, 2.24) is 9.97 Å². The molecule has 0 amide bonds. The fourth-order valence-electron chi connectivity index (χ4n) is 1.06. The van der Waals surface area contributed by atoms with Crippen LogP contribution in [0.2, 0.25) is 5.15 Å². The van der Waals surface area contributed by atoms with Crippen LogP contribution in [0.3, 0.4) is 0 Å². The van der Waals surface area contributed by atoms with Crippen molar-refractivity contribution < 1.29 is 9.90 Å². The van der Waals surface area contributed by atoms with Crippen molar-refractivity contribution in [2.75, 3.05) is 0 Å². The Hall–Kier alpha value is -0.850. The minimum Gasteiger partial charge on any atom is -0.480 e. The fraction of sp³-hybridized carbons (Fsp3) is 0.222. The summed E-state index contributed by atoms with van der Waals surface area (Å²) in [7, 11) is 0. The average Bonchev–Trinajstić information content (AvgIpc) is 2.65. The number of carbonyl (C=O) groups is 1. The van der Waals surface area contributed by atoms with Gasteiger partial charge < -0.3 is 5.11 Å². The van der Waals surface area contributed by atoms with E-state index in [1.54, 1.807) is 6.92 Å². The van der Waals surface area contributed by atoms with Crippen molar-refractivity contribution >= 4 is 50.9 Å². The molecular weight excluding hydrogens is 268 g/mol. The molecule has 0 aliphatic rings. The van der Waals surface area contributed by atoms with Gasteiger partial charge in [0, 0.05) is 5.39 Å². The van der Waals surface area contributed by atoms with Crippen LogP contribution >= 0.6 is 34.7 Å². The molecule has 2 aromatic rings. The summed E-state index contributed by atoms with van der Waals surface area (Å²) in [5.41, 5.74) is 0.